The molecule has 0 fully saturated rings. The van der Waals surface area contributed by atoms with Crippen LogP contribution in [0.3, 0.4) is 0 Å². The fraction of sp³-hybridized carbons (Fsp3) is 0.0714. The van der Waals surface area contributed by atoms with E-state index in [0.29, 0.717) is 28.4 Å². The van der Waals surface area contributed by atoms with Gasteiger partial charge in [-0.05, 0) is 24.3 Å². The summed E-state index contributed by atoms with van der Waals surface area (Å²) in [5.74, 6) is 0.275. The van der Waals surface area contributed by atoms with Gasteiger partial charge in [-0.15, -0.1) is 0 Å². The summed E-state index contributed by atoms with van der Waals surface area (Å²) < 4.78 is 5.96. The number of amidine groups is 1. The first kappa shape index (κ1) is 14.5. The number of ether oxygens (including phenoxy) is 1. The molecule has 0 bridgehead atoms. The molecular formula is C14H12BrN5O2. The van der Waals surface area contributed by atoms with Crippen LogP contribution in [0.2, 0.25) is 0 Å². The fourth-order valence-electron chi connectivity index (χ4n) is 2.00. The lowest BCUT2D eigenvalue weighted by Gasteiger charge is -2.06. The molecule has 8 heteroatoms. The molecule has 0 amide bonds. The Hall–Kier alpha value is -2.45. The topological polar surface area (TPSA) is 95.4 Å². The molecule has 22 heavy (non-hydrogen) atoms. The van der Waals surface area contributed by atoms with Crippen LogP contribution >= 0.6 is 15.9 Å². The standard InChI is InChI=1S/C14H12BrN5O2/c1-22-14-18-11-10(5-6-16-13(11)19-14)12(20-21)17-9-4-2-3-8(15)7-9/h2-7,21H,1H3,(H,17,20)(H,16,18,19). The number of imidazole rings is 1. The van der Waals surface area contributed by atoms with Gasteiger partial charge in [0.25, 0.3) is 6.01 Å². The van der Waals surface area contributed by atoms with Gasteiger partial charge < -0.3 is 9.72 Å². The Morgan fingerprint density at radius 2 is 2.27 bits per heavy atom. The molecule has 0 aliphatic rings. The second kappa shape index (κ2) is 6.12. The number of fused-ring (bicyclic) bond motifs is 1. The number of pyridine rings is 1. The number of aliphatic imine (C=N–C) groups is 1. The summed E-state index contributed by atoms with van der Waals surface area (Å²) in [6, 6.07) is 9.49. The number of hydrogen-bond acceptors (Lipinski definition) is 5. The van der Waals surface area contributed by atoms with Crippen LogP contribution in [0.25, 0.3) is 11.2 Å². The average molecular weight is 362 g/mol. The Morgan fingerprint density at radius 1 is 1.41 bits per heavy atom. The lowest BCUT2D eigenvalue weighted by Crippen LogP contribution is -2.20. The van der Waals surface area contributed by atoms with Crippen molar-refractivity contribution in [3.05, 3.63) is 46.6 Å². The van der Waals surface area contributed by atoms with E-state index in [4.69, 9.17) is 4.74 Å². The molecule has 0 aliphatic carbocycles. The van der Waals surface area contributed by atoms with Crippen LogP contribution in [0.1, 0.15) is 5.56 Å². The Bertz CT molecular complexity index is 846. The Kier molecular flexibility index (Phi) is 4.03. The summed E-state index contributed by atoms with van der Waals surface area (Å²) in [5.41, 5.74) is 4.53. The van der Waals surface area contributed by atoms with Gasteiger partial charge in [0.05, 0.1) is 18.3 Å². The van der Waals surface area contributed by atoms with Crippen molar-refractivity contribution in [1.29, 1.82) is 0 Å². The first-order valence-electron chi connectivity index (χ1n) is 6.34. The summed E-state index contributed by atoms with van der Waals surface area (Å²) in [7, 11) is 1.51. The third-order valence-electron chi connectivity index (χ3n) is 2.97. The molecule has 1 aromatic carbocycles. The number of rotatable bonds is 3. The highest BCUT2D eigenvalue weighted by Crippen LogP contribution is 2.22. The van der Waals surface area contributed by atoms with Crippen LogP contribution in [0.15, 0.2) is 46.0 Å². The van der Waals surface area contributed by atoms with Crippen molar-refractivity contribution in [3.63, 3.8) is 0 Å². The third-order valence-corrected chi connectivity index (χ3v) is 3.47. The number of halogens is 1. The number of hydroxylamine groups is 1. The van der Waals surface area contributed by atoms with Crippen molar-refractivity contribution in [1.82, 2.24) is 20.4 Å². The van der Waals surface area contributed by atoms with E-state index in [0.717, 1.165) is 4.47 Å². The van der Waals surface area contributed by atoms with Crippen LogP contribution in [0.5, 0.6) is 6.01 Å². The minimum atomic E-state index is 0.275. The summed E-state index contributed by atoms with van der Waals surface area (Å²) in [6.07, 6.45) is 1.59. The van der Waals surface area contributed by atoms with Gasteiger partial charge in [0.2, 0.25) is 0 Å². The quantitative estimate of drug-likeness (QED) is 0.378. The maximum Gasteiger partial charge on any atom is 0.295 e. The lowest BCUT2D eigenvalue weighted by molar-refractivity contribution is 0.235. The van der Waals surface area contributed by atoms with Gasteiger partial charge >= 0.3 is 0 Å². The van der Waals surface area contributed by atoms with Crippen molar-refractivity contribution in [2.75, 3.05) is 7.11 Å². The van der Waals surface area contributed by atoms with Gasteiger partial charge in [-0.25, -0.2) is 9.98 Å². The van der Waals surface area contributed by atoms with Crippen molar-refractivity contribution < 1.29 is 9.94 Å². The number of nitrogens with one attached hydrogen (secondary N) is 2. The highest BCUT2D eigenvalue weighted by Gasteiger charge is 2.13. The summed E-state index contributed by atoms with van der Waals surface area (Å²) in [6.45, 7) is 0. The molecule has 3 N–H and O–H groups in total. The SMILES string of the molecule is COc1nc2nccc(C(=Nc3cccc(Br)c3)NO)c2[nH]1. The minimum absolute atomic E-state index is 0.275. The molecule has 0 radical (unpaired) electrons. The monoisotopic (exact) mass is 361 g/mol. The predicted molar refractivity (Wildman–Crippen MR) is 85.7 cm³/mol. The van der Waals surface area contributed by atoms with Crippen molar-refractivity contribution in [3.8, 4) is 6.01 Å². The first-order chi connectivity index (χ1) is 10.7. The molecule has 0 spiro atoms. The fourth-order valence-corrected chi connectivity index (χ4v) is 2.39. The molecule has 2 aromatic heterocycles. The largest absolute Gasteiger partial charge is 0.468 e. The van der Waals surface area contributed by atoms with Crippen LogP contribution in [0.4, 0.5) is 5.69 Å². The summed E-state index contributed by atoms with van der Waals surface area (Å²) in [5, 5.41) is 9.46. The second-order valence-electron chi connectivity index (χ2n) is 4.36. The number of hydrogen-bond donors (Lipinski definition) is 3. The number of nitrogens with zero attached hydrogens (tertiary/aromatic N) is 3. The van der Waals surface area contributed by atoms with E-state index < -0.39 is 0 Å². The Labute approximate surface area is 134 Å². The third kappa shape index (κ3) is 2.78. The van der Waals surface area contributed by atoms with Crippen molar-refractivity contribution in [2.24, 2.45) is 4.99 Å². The van der Waals surface area contributed by atoms with E-state index in [1.165, 1.54) is 7.11 Å². The van der Waals surface area contributed by atoms with Crippen LogP contribution in [-0.2, 0) is 0 Å². The maximum atomic E-state index is 9.46. The Morgan fingerprint density at radius 3 is 3.00 bits per heavy atom. The second-order valence-corrected chi connectivity index (χ2v) is 5.27. The number of aromatic nitrogens is 3. The zero-order valence-corrected chi connectivity index (χ0v) is 13.1. The molecule has 0 saturated heterocycles. The van der Waals surface area contributed by atoms with Gasteiger partial charge in [-0.2, -0.15) is 4.98 Å². The van der Waals surface area contributed by atoms with E-state index in [-0.39, 0.29) is 5.84 Å². The molecule has 0 saturated carbocycles. The number of H-pyrrole nitrogens is 1. The van der Waals surface area contributed by atoms with E-state index >= 15 is 0 Å². The van der Waals surface area contributed by atoms with Gasteiger partial charge in [-0.1, -0.05) is 22.0 Å². The Balaban J connectivity index is 2.12. The van der Waals surface area contributed by atoms with Gasteiger partial charge in [0, 0.05) is 16.2 Å². The maximum absolute atomic E-state index is 9.46. The first-order valence-corrected chi connectivity index (χ1v) is 7.14. The number of methoxy groups -OCH3 is 1. The summed E-state index contributed by atoms with van der Waals surface area (Å²) >= 11 is 3.39. The van der Waals surface area contributed by atoms with Gasteiger partial charge in [0.15, 0.2) is 11.5 Å². The van der Waals surface area contributed by atoms with E-state index in [9.17, 15) is 5.21 Å². The molecule has 3 aromatic rings. The zero-order valence-electron chi connectivity index (χ0n) is 11.5. The van der Waals surface area contributed by atoms with E-state index in [1.807, 2.05) is 24.3 Å². The van der Waals surface area contributed by atoms with Gasteiger partial charge in [0.1, 0.15) is 0 Å². The molecule has 7 nitrogen and oxygen atoms in total. The minimum Gasteiger partial charge on any atom is -0.468 e. The lowest BCUT2D eigenvalue weighted by atomic mass is 10.2. The van der Waals surface area contributed by atoms with Crippen LogP contribution < -0.4 is 10.2 Å². The number of aromatic amines is 1. The highest BCUT2D eigenvalue weighted by atomic mass is 79.9. The summed E-state index contributed by atoms with van der Waals surface area (Å²) in [4.78, 5) is 15.7. The molecule has 3 rings (SSSR count). The van der Waals surface area contributed by atoms with E-state index in [2.05, 4.69) is 41.4 Å². The average Bonchev–Trinajstić information content (AvgIpc) is 2.96. The normalized spacial score (nSPS) is 11.7. The zero-order chi connectivity index (χ0) is 15.5. The molecule has 0 unspecified atom stereocenters. The van der Waals surface area contributed by atoms with Crippen molar-refractivity contribution >= 4 is 38.6 Å². The smallest absolute Gasteiger partial charge is 0.295 e. The van der Waals surface area contributed by atoms with Crippen LogP contribution in [-0.4, -0.2) is 33.1 Å². The van der Waals surface area contributed by atoms with Gasteiger partial charge in [-0.3, -0.25) is 10.7 Å². The predicted octanol–water partition coefficient (Wildman–Crippen LogP) is 2.79. The van der Waals surface area contributed by atoms with Crippen LogP contribution in [0, 0.1) is 0 Å². The molecule has 2 heterocycles. The van der Waals surface area contributed by atoms with E-state index in [1.54, 1.807) is 12.3 Å². The molecule has 0 aliphatic heterocycles. The number of benzene rings is 1. The molecule has 0 atom stereocenters. The highest BCUT2D eigenvalue weighted by molar-refractivity contribution is 9.10. The molecule has 112 valence electrons. The molecular weight excluding hydrogens is 350 g/mol. The van der Waals surface area contributed by atoms with Crippen molar-refractivity contribution in [2.45, 2.75) is 0 Å².